The van der Waals surface area contributed by atoms with Crippen molar-refractivity contribution in [2.24, 2.45) is 0 Å². The van der Waals surface area contributed by atoms with Crippen molar-refractivity contribution in [3.8, 4) is 5.75 Å². The van der Waals surface area contributed by atoms with Crippen molar-refractivity contribution in [2.45, 2.75) is 51.0 Å². The lowest BCUT2D eigenvalue weighted by Gasteiger charge is -2.18. The number of anilines is 1. The van der Waals surface area contributed by atoms with Gasteiger partial charge in [-0.05, 0) is 31.0 Å². The molecule has 7 heteroatoms. The highest BCUT2D eigenvalue weighted by Gasteiger charge is 2.20. The maximum Gasteiger partial charge on any atom is 0.227 e. The number of aromatic nitrogens is 3. The summed E-state index contributed by atoms with van der Waals surface area (Å²) in [6.07, 6.45) is 8.60. The number of hydrogen-bond donors (Lipinski definition) is 1. The van der Waals surface area contributed by atoms with E-state index >= 15 is 0 Å². The summed E-state index contributed by atoms with van der Waals surface area (Å²) in [4.78, 5) is 12.3. The normalized spacial score (nSPS) is 15.1. The smallest absolute Gasteiger partial charge is 0.227 e. The van der Waals surface area contributed by atoms with E-state index in [0.29, 0.717) is 24.0 Å². The molecule has 0 spiro atoms. The Labute approximate surface area is 162 Å². The number of carbonyl (C=O) groups excluding carboxylic acids is 1. The Hall–Kier alpha value is -2.41. The minimum atomic E-state index is -0.0360. The van der Waals surface area contributed by atoms with Crippen LogP contribution in [0.4, 0.5) is 5.13 Å². The number of benzene rings is 1. The van der Waals surface area contributed by atoms with Crippen molar-refractivity contribution >= 4 is 33.3 Å². The predicted molar refractivity (Wildman–Crippen MR) is 107 cm³/mol. The van der Waals surface area contributed by atoms with Crippen LogP contribution in [0.3, 0.4) is 0 Å². The number of methoxy groups -OCH3 is 1. The molecule has 27 heavy (non-hydrogen) atoms. The Balaban J connectivity index is 1.36. The van der Waals surface area contributed by atoms with E-state index in [-0.39, 0.29) is 5.91 Å². The zero-order valence-electron chi connectivity index (χ0n) is 15.5. The van der Waals surface area contributed by atoms with E-state index in [1.807, 2.05) is 30.5 Å². The molecular weight excluding hydrogens is 360 g/mol. The Morgan fingerprint density at radius 1 is 1.26 bits per heavy atom. The van der Waals surface area contributed by atoms with Crippen LogP contribution in [0.2, 0.25) is 0 Å². The van der Waals surface area contributed by atoms with Crippen molar-refractivity contribution in [3.05, 3.63) is 35.5 Å². The number of carbonyl (C=O) groups is 1. The standard InChI is InChI=1S/C20H24N4O2S/c1-26-17-9-5-8-16-15(17)10-12-24(16)13-11-18(25)21-20-23-22-19(27-20)14-6-3-2-4-7-14/h5,8-10,12,14H,2-4,6-7,11,13H2,1H3,(H,21,23,25). The van der Waals surface area contributed by atoms with Gasteiger partial charge in [-0.15, -0.1) is 10.2 Å². The van der Waals surface area contributed by atoms with Gasteiger partial charge >= 0.3 is 0 Å². The van der Waals surface area contributed by atoms with Crippen molar-refractivity contribution in [1.82, 2.24) is 14.8 Å². The van der Waals surface area contributed by atoms with E-state index in [2.05, 4.69) is 20.1 Å². The first-order valence-electron chi connectivity index (χ1n) is 9.49. The summed E-state index contributed by atoms with van der Waals surface area (Å²) in [6, 6.07) is 7.97. The summed E-state index contributed by atoms with van der Waals surface area (Å²) in [5.74, 6) is 1.33. The van der Waals surface area contributed by atoms with Crippen molar-refractivity contribution in [2.75, 3.05) is 12.4 Å². The zero-order valence-corrected chi connectivity index (χ0v) is 16.3. The van der Waals surface area contributed by atoms with Crippen molar-refractivity contribution < 1.29 is 9.53 Å². The second-order valence-corrected chi connectivity index (χ2v) is 7.99. The number of rotatable bonds is 6. The maximum absolute atomic E-state index is 12.3. The lowest BCUT2D eigenvalue weighted by atomic mass is 9.90. The van der Waals surface area contributed by atoms with E-state index in [1.165, 1.54) is 43.4 Å². The van der Waals surface area contributed by atoms with Gasteiger partial charge in [-0.3, -0.25) is 4.79 Å². The molecule has 1 fully saturated rings. The largest absolute Gasteiger partial charge is 0.496 e. The van der Waals surface area contributed by atoms with Gasteiger partial charge in [-0.2, -0.15) is 0 Å². The molecule has 2 heterocycles. The summed E-state index contributed by atoms with van der Waals surface area (Å²) in [5.41, 5.74) is 1.07. The molecule has 0 saturated heterocycles. The molecular formula is C20H24N4O2S. The van der Waals surface area contributed by atoms with Crippen molar-refractivity contribution in [3.63, 3.8) is 0 Å². The van der Waals surface area contributed by atoms with Gasteiger partial charge in [0.05, 0.1) is 12.6 Å². The summed E-state index contributed by atoms with van der Waals surface area (Å²) in [7, 11) is 1.67. The van der Waals surface area contributed by atoms with Crippen LogP contribution in [0.1, 0.15) is 49.5 Å². The third-order valence-corrected chi connectivity index (χ3v) is 6.22. The summed E-state index contributed by atoms with van der Waals surface area (Å²) in [6.45, 7) is 0.608. The number of aryl methyl sites for hydroxylation is 1. The Kier molecular flexibility index (Phi) is 5.38. The molecule has 3 aromatic rings. The molecule has 0 radical (unpaired) electrons. The highest BCUT2D eigenvalue weighted by Crippen LogP contribution is 2.35. The summed E-state index contributed by atoms with van der Waals surface area (Å²) in [5, 5.41) is 14.1. The number of ether oxygens (including phenoxy) is 1. The van der Waals surface area contributed by atoms with Gasteiger partial charge in [0.25, 0.3) is 0 Å². The molecule has 142 valence electrons. The van der Waals surface area contributed by atoms with Gasteiger partial charge in [0.1, 0.15) is 10.8 Å². The molecule has 0 unspecified atom stereocenters. The summed E-state index contributed by atoms with van der Waals surface area (Å²) < 4.78 is 7.47. The van der Waals surface area contributed by atoms with Crippen molar-refractivity contribution in [1.29, 1.82) is 0 Å². The third kappa shape index (κ3) is 3.98. The minimum absolute atomic E-state index is 0.0360. The lowest BCUT2D eigenvalue weighted by molar-refractivity contribution is -0.116. The van der Waals surface area contributed by atoms with E-state index in [9.17, 15) is 4.79 Å². The first-order valence-corrected chi connectivity index (χ1v) is 10.3. The van der Waals surface area contributed by atoms with Crippen LogP contribution in [0.25, 0.3) is 10.9 Å². The highest BCUT2D eigenvalue weighted by atomic mass is 32.1. The Morgan fingerprint density at radius 3 is 2.93 bits per heavy atom. The second kappa shape index (κ2) is 8.08. The van der Waals surface area contributed by atoms with Crippen LogP contribution in [-0.4, -0.2) is 27.8 Å². The minimum Gasteiger partial charge on any atom is -0.496 e. The average molecular weight is 385 g/mol. The SMILES string of the molecule is COc1cccc2c1ccn2CCC(=O)Nc1nnc(C2CCCCC2)s1. The van der Waals surface area contributed by atoms with Gasteiger partial charge in [0.2, 0.25) is 11.0 Å². The van der Waals surface area contributed by atoms with E-state index < -0.39 is 0 Å². The molecule has 4 rings (SSSR count). The van der Waals surface area contributed by atoms with Gasteiger partial charge in [-0.25, -0.2) is 0 Å². The zero-order chi connectivity index (χ0) is 18.6. The van der Waals surface area contributed by atoms with E-state index in [0.717, 1.165) is 21.7 Å². The fourth-order valence-electron chi connectivity index (χ4n) is 3.77. The third-order valence-electron chi connectivity index (χ3n) is 5.21. The number of fused-ring (bicyclic) bond motifs is 1. The molecule has 0 atom stereocenters. The molecule has 1 aliphatic rings. The van der Waals surface area contributed by atoms with Crippen LogP contribution in [0, 0.1) is 0 Å². The highest BCUT2D eigenvalue weighted by molar-refractivity contribution is 7.15. The van der Waals surface area contributed by atoms with E-state index in [1.54, 1.807) is 7.11 Å². The van der Waals surface area contributed by atoms with Gasteiger partial charge in [0, 0.05) is 30.5 Å². The molecule has 1 aliphatic carbocycles. The molecule has 2 aromatic heterocycles. The molecule has 1 N–H and O–H groups in total. The van der Waals surface area contributed by atoms with Crippen LogP contribution in [-0.2, 0) is 11.3 Å². The van der Waals surface area contributed by atoms with Crippen LogP contribution in [0.15, 0.2) is 30.5 Å². The van der Waals surface area contributed by atoms with E-state index in [4.69, 9.17) is 4.74 Å². The van der Waals surface area contributed by atoms with Crippen LogP contribution in [0.5, 0.6) is 5.75 Å². The summed E-state index contributed by atoms with van der Waals surface area (Å²) >= 11 is 1.52. The van der Waals surface area contributed by atoms with Gasteiger partial charge in [-0.1, -0.05) is 36.7 Å². The lowest BCUT2D eigenvalue weighted by Crippen LogP contribution is -2.14. The molecule has 0 bridgehead atoms. The fraction of sp³-hybridized carbons (Fsp3) is 0.450. The van der Waals surface area contributed by atoms with Crippen LogP contribution < -0.4 is 10.1 Å². The first kappa shape index (κ1) is 18.0. The molecule has 6 nitrogen and oxygen atoms in total. The van der Waals surface area contributed by atoms with Gasteiger partial charge < -0.3 is 14.6 Å². The first-order chi connectivity index (χ1) is 13.2. The second-order valence-electron chi connectivity index (χ2n) is 6.98. The number of amides is 1. The number of nitrogens with zero attached hydrogens (tertiary/aromatic N) is 3. The molecule has 1 aromatic carbocycles. The Morgan fingerprint density at radius 2 is 2.11 bits per heavy atom. The molecule has 1 saturated carbocycles. The van der Waals surface area contributed by atoms with Gasteiger partial charge in [0.15, 0.2) is 0 Å². The number of hydrogen-bond acceptors (Lipinski definition) is 5. The number of nitrogens with one attached hydrogen (secondary N) is 1. The Bertz CT molecular complexity index is 927. The monoisotopic (exact) mass is 384 g/mol. The molecule has 0 aliphatic heterocycles. The maximum atomic E-state index is 12.3. The predicted octanol–water partition coefficient (Wildman–Crippen LogP) is 4.58. The molecule has 1 amide bonds. The fourth-order valence-corrected chi connectivity index (χ4v) is 4.70. The topological polar surface area (TPSA) is 69.0 Å². The average Bonchev–Trinajstić information content (AvgIpc) is 3.34. The van der Waals surface area contributed by atoms with Crippen LogP contribution >= 0.6 is 11.3 Å². The quantitative estimate of drug-likeness (QED) is 0.675.